The summed E-state index contributed by atoms with van der Waals surface area (Å²) in [6, 6.07) is 18.0. The van der Waals surface area contributed by atoms with E-state index in [2.05, 4.69) is 5.32 Å². The zero-order valence-corrected chi connectivity index (χ0v) is 14.6. The van der Waals surface area contributed by atoms with Gasteiger partial charge < -0.3 is 10.4 Å². The van der Waals surface area contributed by atoms with Crippen molar-refractivity contribution in [2.24, 2.45) is 0 Å². The Bertz CT molecular complexity index is 653. The number of hydrogen-bond donors (Lipinski definition) is 2. The summed E-state index contributed by atoms with van der Waals surface area (Å²) in [5.74, 6) is -0.00257. The van der Waals surface area contributed by atoms with Gasteiger partial charge in [0.15, 0.2) is 0 Å². The fraction of sp³-hybridized carbons (Fsp3) is 0.250. The van der Waals surface area contributed by atoms with Crippen molar-refractivity contribution in [2.75, 3.05) is 19.4 Å². The van der Waals surface area contributed by atoms with Crippen LogP contribution in [0.4, 0.5) is 0 Å². The van der Waals surface area contributed by atoms with Crippen LogP contribution in [0, 0.1) is 0 Å². The van der Waals surface area contributed by atoms with E-state index in [1.807, 2.05) is 66.9 Å². The molecule has 4 heteroatoms. The molecular formula is C20H23NO2S. The summed E-state index contributed by atoms with van der Waals surface area (Å²) in [4.78, 5) is 13.2. The molecule has 0 heterocycles. The van der Waals surface area contributed by atoms with Crippen LogP contribution < -0.4 is 5.32 Å². The second-order valence-electron chi connectivity index (χ2n) is 5.47. The molecule has 0 bridgehead atoms. The van der Waals surface area contributed by atoms with Crippen LogP contribution in [0.2, 0.25) is 0 Å². The van der Waals surface area contributed by atoms with Crippen LogP contribution >= 0.6 is 11.8 Å². The lowest BCUT2D eigenvalue weighted by Gasteiger charge is -2.16. The fourth-order valence-electron chi connectivity index (χ4n) is 2.44. The molecule has 0 spiro atoms. The van der Waals surface area contributed by atoms with E-state index >= 15 is 0 Å². The predicted octanol–water partition coefficient (Wildman–Crippen LogP) is 3.70. The first kappa shape index (κ1) is 18.3. The summed E-state index contributed by atoms with van der Waals surface area (Å²) in [6.07, 6.45) is 6.02. The second-order valence-corrected chi connectivity index (χ2v) is 6.35. The Morgan fingerprint density at radius 2 is 1.88 bits per heavy atom. The Balaban J connectivity index is 1.89. The van der Waals surface area contributed by atoms with Crippen molar-refractivity contribution < 1.29 is 9.90 Å². The summed E-state index contributed by atoms with van der Waals surface area (Å²) in [5, 5.41) is 12.1. The molecule has 0 fully saturated rings. The first-order valence-corrected chi connectivity index (χ1v) is 9.21. The largest absolute Gasteiger partial charge is 0.396 e. The van der Waals surface area contributed by atoms with Gasteiger partial charge in [0.25, 0.3) is 0 Å². The quantitative estimate of drug-likeness (QED) is 0.568. The lowest BCUT2D eigenvalue weighted by atomic mass is 9.96. The Kier molecular flexibility index (Phi) is 7.59. The van der Waals surface area contributed by atoms with Gasteiger partial charge in [-0.3, -0.25) is 4.79 Å². The Morgan fingerprint density at radius 3 is 2.50 bits per heavy atom. The average molecular weight is 341 g/mol. The highest BCUT2D eigenvalue weighted by Gasteiger charge is 2.11. The molecule has 0 aromatic heterocycles. The van der Waals surface area contributed by atoms with Gasteiger partial charge in [-0.05, 0) is 42.0 Å². The SMILES string of the molecule is CSc1ccc(/C=C/C(=O)NCC(CCO)c2ccccc2)cc1. The summed E-state index contributed by atoms with van der Waals surface area (Å²) in [7, 11) is 0. The van der Waals surface area contributed by atoms with E-state index in [4.69, 9.17) is 0 Å². The third-order valence-electron chi connectivity index (χ3n) is 3.81. The molecule has 24 heavy (non-hydrogen) atoms. The molecule has 1 atom stereocenters. The number of carbonyl (C=O) groups is 1. The number of hydrogen-bond acceptors (Lipinski definition) is 3. The molecule has 2 N–H and O–H groups in total. The van der Waals surface area contributed by atoms with Crippen molar-refractivity contribution in [1.29, 1.82) is 0 Å². The highest BCUT2D eigenvalue weighted by molar-refractivity contribution is 7.98. The van der Waals surface area contributed by atoms with E-state index < -0.39 is 0 Å². The van der Waals surface area contributed by atoms with Gasteiger partial charge in [-0.2, -0.15) is 0 Å². The normalized spacial score (nSPS) is 12.2. The minimum absolute atomic E-state index is 0.104. The lowest BCUT2D eigenvalue weighted by Crippen LogP contribution is -2.27. The molecule has 0 saturated heterocycles. The van der Waals surface area contributed by atoms with Crippen LogP contribution in [-0.2, 0) is 4.79 Å². The minimum Gasteiger partial charge on any atom is -0.396 e. The highest BCUT2D eigenvalue weighted by atomic mass is 32.2. The van der Waals surface area contributed by atoms with Crippen LogP contribution in [-0.4, -0.2) is 30.4 Å². The smallest absolute Gasteiger partial charge is 0.244 e. The zero-order chi connectivity index (χ0) is 17.2. The third kappa shape index (κ3) is 5.87. The van der Waals surface area contributed by atoms with E-state index in [0.717, 1.165) is 11.1 Å². The topological polar surface area (TPSA) is 49.3 Å². The highest BCUT2D eigenvalue weighted by Crippen LogP contribution is 2.18. The van der Waals surface area contributed by atoms with Crippen LogP contribution in [0.1, 0.15) is 23.5 Å². The maximum Gasteiger partial charge on any atom is 0.244 e. The Labute approximate surface area is 147 Å². The van der Waals surface area contributed by atoms with E-state index in [9.17, 15) is 9.90 Å². The van der Waals surface area contributed by atoms with Gasteiger partial charge in [0.1, 0.15) is 0 Å². The molecular weight excluding hydrogens is 318 g/mol. The van der Waals surface area contributed by atoms with E-state index in [-0.39, 0.29) is 18.4 Å². The van der Waals surface area contributed by atoms with Gasteiger partial charge in [-0.1, -0.05) is 42.5 Å². The third-order valence-corrected chi connectivity index (χ3v) is 4.56. The minimum atomic E-state index is -0.122. The molecule has 0 aliphatic rings. The predicted molar refractivity (Wildman–Crippen MR) is 101 cm³/mol. The van der Waals surface area contributed by atoms with Gasteiger partial charge in [0.2, 0.25) is 5.91 Å². The van der Waals surface area contributed by atoms with Crippen LogP contribution in [0.25, 0.3) is 6.08 Å². The number of aliphatic hydroxyl groups is 1. The van der Waals surface area contributed by atoms with E-state index in [0.29, 0.717) is 13.0 Å². The van der Waals surface area contributed by atoms with Crippen molar-refractivity contribution >= 4 is 23.7 Å². The maximum atomic E-state index is 12.0. The van der Waals surface area contributed by atoms with Crippen molar-refractivity contribution in [3.63, 3.8) is 0 Å². The molecule has 0 aliphatic carbocycles. The van der Waals surface area contributed by atoms with Gasteiger partial charge in [0.05, 0.1) is 0 Å². The van der Waals surface area contributed by atoms with Crippen LogP contribution in [0.5, 0.6) is 0 Å². The van der Waals surface area contributed by atoms with Gasteiger partial charge >= 0.3 is 0 Å². The number of thioether (sulfide) groups is 1. The molecule has 2 aromatic rings. The number of aliphatic hydroxyl groups excluding tert-OH is 1. The molecule has 0 saturated carbocycles. The van der Waals surface area contributed by atoms with Gasteiger partial charge in [-0.25, -0.2) is 0 Å². The number of carbonyl (C=O) groups excluding carboxylic acids is 1. The maximum absolute atomic E-state index is 12.0. The monoisotopic (exact) mass is 341 g/mol. The Hall–Kier alpha value is -2.04. The first-order chi connectivity index (χ1) is 11.7. The van der Waals surface area contributed by atoms with Gasteiger partial charge in [0, 0.05) is 30.0 Å². The van der Waals surface area contributed by atoms with Crippen LogP contribution in [0.15, 0.2) is 65.6 Å². The lowest BCUT2D eigenvalue weighted by molar-refractivity contribution is -0.116. The molecule has 0 aliphatic heterocycles. The molecule has 126 valence electrons. The van der Waals surface area contributed by atoms with Crippen molar-refractivity contribution in [1.82, 2.24) is 5.32 Å². The number of amides is 1. The van der Waals surface area contributed by atoms with Crippen molar-refractivity contribution in [3.8, 4) is 0 Å². The molecule has 1 unspecified atom stereocenters. The first-order valence-electron chi connectivity index (χ1n) is 7.98. The number of nitrogens with one attached hydrogen (secondary N) is 1. The molecule has 2 aromatic carbocycles. The number of rotatable bonds is 8. The summed E-state index contributed by atoms with van der Waals surface area (Å²) < 4.78 is 0. The van der Waals surface area contributed by atoms with Crippen molar-refractivity contribution in [3.05, 3.63) is 71.8 Å². The van der Waals surface area contributed by atoms with Gasteiger partial charge in [-0.15, -0.1) is 11.8 Å². The van der Waals surface area contributed by atoms with Crippen molar-refractivity contribution in [2.45, 2.75) is 17.2 Å². The summed E-state index contributed by atoms with van der Waals surface area (Å²) in [6.45, 7) is 0.617. The van der Waals surface area contributed by atoms with Crippen LogP contribution in [0.3, 0.4) is 0 Å². The zero-order valence-electron chi connectivity index (χ0n) is 13.8. The summed E-state index contributed by atoms with van der Waals surface area (Å²) in [5.41, 5.74) is 2.13. The second kappa shape index (κ2) is 9.96. The summed E-state index contributed by atoms with van der Waals surface area (Å²) >= 11 is 1.69. The fourth-order valence-corrected chi connectivity index (χ4v) is 2.85. The standard InChI is InChI=1S/C20H23NO2S/c1-24-19-10-7-16(8-11-19)9-12-20(23)21-15-18(13-14-22)17-5-3-2-4-6-17/h2-12,18,22H,13-15H2,1H3,(H,21,23)/b12-9+. The molecule has 3 nitrogen and oxygen atoms in total. The average Bonchev–Trinajstić information content (AvgIpc) is 2.64. The molecule has 1 amide bonds. The Morgan fingerprint density at radius 1 is 1.17 bits per heavy atom. The molecule has 2 rings (SSSR count). The number of benzene rings is 2. The van der Waals surface area contributed by atoms with E-state index in [1.165, 1.54) is 4.90 Å². The molecule has 0 radical (unpaired) electrons. The van der Waals surface area contributed by atoms with E-state index in [1.54, 1.807) is 17.8 Å².